The van der Waals surface area contributed by atoms with Gasteiger partial charge in [0.25, 0.3) is 0 Å². The number of carbonyl (C=O) groups is 1. The van der Waals surface area contributed by atoms with Gasteiger partial charge in [-0.1, -0.05) is 20.8 Å². The molecule has 1 aliphatic carbocycles. The highest BCUT2D eigenvalue weighted by Gasteiger charge is 2.40. The van der Waals surface area contributed by atoms with Crippen LogP contribution in [0.3, 0.4) is 0 Å². The Morgan fingerprint density at radius 1 is 1.24 bits per heavy atom. The minimum Gasteiger partial charge on any atom is -0.361 e. The number of Topliss-reactive ketones (excluding diaryl/α,β-unsaturated/α-hetero) is 1. The van der Waals surface area contributed by atoms with Crippen LogP contribution in [0.15, 0.2) is 0 Å². The Kier molecular flexibility index (Phi) is 4.97. The molecule has 1 spiro atoms. The Hall–Kier alpha value is -1.03. The Bertz CT molecular complexity index is 431. The standard InChI is InChI=1S/C16H26N2O3/c1-15(2,3)14(19)13(18-17)5-4-12-6-8-16(9-7-12)20-10-11-21-16/h12H,4-11H2,1-3H3. The molecule has 0 aromatic rings. The molecule has 1 saturated carbocycles. The quantitative estimate of drug-likeness (QED) is 0.454. The first-order chi connectivity index (χ1) is 9.86. The molecule has 2 rings (SSSR count). The first-order valence-corrected chi connectivity index (χ1v) is 7.90. The zero-order chi connectivity index (χ0) is 15.5. The molecule has 0 N–H and O–H groups in total. The van der Waals surface area contributed by atoms with Crippen molar-refractivity contribution in [3.8, 4) is 0 Å². The van der Waals surface area contributed by atoms with E-state index in [9.17, 15) is 4.79 Å². The second-order valence-corrected chi connectivity index (χ2v) is 7.22. The average molecular weight is 294 g/mol. The summed E-state index contributed by atoms with van der Waals surface area (Å²) in [5, 5.41) is 0. The highest BCUT2D eigenvalue weighted by atomic mass is 16.7. The lowest BCUT2D eigenvalue weighted by Crippen LogP contribution is -2.35. The molecule has 0 radical (unpaired) electrons. The number of rotatable bonds is 4. The van der Waals surface area contributed by atoms with Gasteiger partial charge < -0.3 is 15.0 Å². The summed E-state index contributed by atoms with van der Waals surface area (Å²) < 4.78 is 11.4. The van der Waals surface area contributed by atoms with E-state index in [-0.39, 0.29) is 11.6 Å². The minimum absolute atomic E-state index is 0.0697. The molecule has 2 fully saturated rings. The summed E-state index contributed by atoms with van der Waals surface area (Å²) in [4.78, 5) is 15.4. The summed E-state index contributed by atoms with van der Waals surface area (Å²) in [6, 6.07) is 0. The number of hydrogen-bond acceptors (Lipinski definition) is 3. The average Bonchev–Trinajstić information content (AvgIpc) is 2.89. The fourth-order valence-electron chi connectivity index (χ4n) is 3.17. The number of ketones is 1. The topological polar surface area (TPSA) is 71.9 Å². The molecule has 0 unspecified atom stereocenters. The second kappa shape index (κ2) is 6.39. The molecule has 21 heavy (non-hydrogen) atoms. The van der Waals surface area contributed by atoms with Crippen molar-refractivity contribution in [2.45, 2.75) is 65.1 Å². The Labute approximate surface area is 126 Å². The van der Waals surface area contributed by atoms with Crippen LogP contribution in [0.2, 0.25) is 0 Å². The zero-order valence-corrected chi connectivity index (χ0v) is 13.4. The molecule has 0 atom stereocenters. The maximum absolute atomic E-state index is 12.1. The van der Waals surface area contributed by atoms with Gasteiger partial charge in [-0.05, 0) is 25.2 Å². The largest absolute Gasteiger partial charge is 0.361 e. The van der Waals surface area contributed by atoms with Crippen molar-refractivity contribution in [2.75, 3.05) is 13.2 Å². The fraction of sp³-hybridized carbons (Fsp3) is 0.875. The van der Waals surface area contributed by atoms with Crippen molar-refractivity contribution in [1.29, 1.82) is 0 Å². The van der Waals surface area contributed by atoms with Gasteiger partial charge in [-0.3, -0.25) is 4.79 Å². The monoisotopic (exact) mass is 294 g/mol. The van der Waals surface area contributed by atoms with Gasteiger partial charge in [-0.2, -0.15) is 4.79 Å². The third kappa shape index (κ3) is 4.00. The molecule has 0 amide bonds. The number of nitrogens with zero attached hydrogens (tertiary/aromatic N) is 2. The highest BCUT2D eigenvalue weighted by Crippen LogP contribution is 2.39. The maximum atomic E-state index is 12.1. The first kappa shape index (κ1) is 16.3. The van der Waals surface area contributed by atoms with Crippen LogP contribution in [0.5, 0.6) is 0 Å². The number of carbonyl (C=O) groups excluding carboxylic acids is 1. The number of hydrogen-bond donors (Lipinski definition) is 0. The molecular weight excluding hydrogens is 268 g/mol. The molecule has 5 nitrogen and oxygen atoms in total. The number of ether oxygens (including phenoxy) is 2. The third-order valence-corrected chi connectivity index (χ3v) is 4.53. The van der Waals surface area contributed by atoms with Crippen molar-refractivity contribution in [3.63, 3.8) is 0 Å². The molecule has 1 heterocycles. The van der Waals surface area contributed by atoms with E-state index in [4.69, 9.17) is 15.0 Å². The summed E-state index contributed by atoms with van der Waals surface area (Å²) >= 11 is 0. The van der Waals surface area contributed by atoms with E-state index in [1.165, 1.54) is 0 Å². The summed E-state index contributed by atoms with van der Waals surface area (Å²) in [5.41, 5.74) is 8.89. The lowest BCUT2D eigenvalue weighted by atomic mass is 9.80. The minimum atomic E-state index is -0.496. The van der Waals surface area contributed by atoms with Crippen LogP contribution in [-0.2, 0) is 14.3 Å². The van der Waals surface area contributed by atoms with Crippen LogP contribution in [0, 0.1) is 11.3 Å². The molecule has 0 bridgehead atoms. The second-order valence-electron chi connectivity index (χ2n) is 7.22. The zero-order valence-electron chi connectivity index (χ0n) is 13.4. The summed E-state index contributed by atoms with van der Waals surface area (Å²) in [6.45, 7) is 6.94. The Morgan fingerprint density at radius 3 is 2.29 bits per heavy atom. The van der Waals surface area contributed by atoms with Gasteiger partial charge in [0.2, 0.25) is 5.78 Å². The van der Waals surface area contributed by atoms with Crippen molar-refractivity contribution in [2.24, 2.45) is 11.3 Å². The van der Waals surface area contributed by atoms with E-state index >= 15 is 0 Å². The van der Waals surface area contributed by atoms with E-state index in [1.807, 2.05) is 20.8 Å². The van der Waals surface area contributed by atoms with E-state index in [0.717, 1.165) is 32.1 Å². The summed E-state index contributed by atoms with van der Waals surface area (Å²) in [7, 11) is 0. The maximum Gasteiger partial charge on any atom is 0.334 e. The SMILES string of the molecule is CC(C)(C)C(=O)C(CCC1CCC2(CC1)OCCO2)=[N+]=[N-]. The third-order valence-electron chi connectivity index (χ3n) is 4.53. The van der Waals surface area contributed by atoms with Gasteiger partial charge in [0.1, 0.15) is 0 Å². The predicted octanol–water partition coefficient (Wildman–Crippen LogP) is 2.99. The van der Waals surface area contributed by atoms with Crippen molar-refractivity contribution >= 4 is 11.5 Å². The molecule has 0 aromatic carbocycles. The van der Waals surface area contributed by atoms with Gasteiger partial charge in [-0.25, -0.2) is 0 Å². The summed E-state index contributed by atoms with van der Waals surface area (Å²) in [5.74, 6) is 0.152. The fourth-order valence-corrected chi connectivity index (χ4v) is 3.17. The van der Waals surface area contributed by atoms with Crippen molar-refractivity contribution in [1.82, 2.24) is 0 Å². The highest BCUT2D eigenvalue weighted by molar-refractivity contribution is 6.39. The van der Waals surface area contributed by atoms with Gasteiger partial charge in [0.05, 0.1) is 19.6 Å². The van der Waals surface area contributed by atoms with E-state index in [1.54, 1.807) is 0 Å². The molecule has 1 saturated heterocycles. The molecule has 1 aliphatic heterocycles. The Morgan fingerprint density at radius 2 is 1.81 bits per heavy atom. The first-order valence-electron chi connectivity index (χ1n) is 7.90. The summed E-state index contributed by atoms with van der Waals surface area (Å²) in [6.07, 6.45) is 5.38. The molecule has 0 aromatic heterocycles. The van der Waals surface area contributed by atoms with Crippen LogP contribution in [0.25, 0.3) is 5.53 Å². The van der Waals surface area contributed by atoms with Gasteiger partial charge in [0, 0.05) is 18.3 Å². The predicted molar refractivity (Wildman–Crippen MR) is 78.9 cm³/mol. The van der Waals surface area contributed by atoms with Crippen LogP contribution < -0.4 is 0 Å². The van der Waals surface area contributed by atoms with Gasteiger partial charge in [0.15, 0.2) is 5.79 Å². The molecular formula is C16H26N2O3. The van der Waals surface area contributed by atoms with Crippen LogP contribution in [-0.4, -0.2) is 35.3 Å². The lowest BCUT2D eigenvalue weighted by Gasteiger charge is -2.35. The van der Waals surface area contributed by atoms with Crippen molar-refractivity contribution < 1.29 is 19.1 Å². The normalized spacial score (nSPS) is 22.2. The van der Waals surface area contributed by atoms with E-state index in [0.29, 0.717) is 31.3 Å². The molecule has 118 valence electrons. The van der Waals surface area contributed by atoms with Crippen LogP contribution >= 0.6 is 0 Å². The van der Waals surface area contributed by atoms with Gasteiger partial charge in [-0.15, -0.1) is 0 Å². The lowest BCUT2D eigenvalue weighted by molar-refractivity contribution is -0.182. The Balaban J connectivity index is 1.81. The van der Waals surface area contributed by atoms with Crippen LogP contribution in [0.1, 0.15) is 59.3 Å². The molecule has 5 heteroatoms. The van der Waals surface area contributed by atoms with E-state index < -0.39 is 5.41 Å². The smallest absolute Gasteiger partial charge is 0.334 e. The van der Waals surface area contributed by atoms with Crippen LogP contribution in [0.4, 0.5) is 0 Å². The van der Waals surface area contributed by atoms with Crippen molar-refractivity contribution in [3.05, 3.63) is 5.53 Å². The van der Waals surface area contributed by atoms with Gasteiger partial charge >= 0.3 is 5.71 Å². The molecule has 2 aliphatic rings. The van der Waals surface area contributed by atoms with E-state index in [2.05, 4.69) is 4.79 Å².